The summed E-state index contributed by atoms with van der Waals surface area (Å²) in [4.78, 5) is 0. The SMILES string of the molecule is CCSCCC(C)NCc1cc(C)c(C)cc1C. The van der Waals surface area contributed by atoms with E-state index in [4.69, 9.17) is 0 Å². The maximum Gasteiger partial charge on any atom is 0.0210 e. The van der Waals surface area contributed by atoms with E-state index in [-0.39, 0.29) is 0 Å². The van der Waals surface area contributed by atoms with Crippen molar-refractivity contribution in [3.05, 3.63) is 34.4 Å². The summed E-state index contributed by atoms with van der Waals surface area (Å²) in [7, 11) is 0. The van der Waals surface area contributed by atoms with Gasteiger partial charge in [-0.25, -0.2) is 0 Å². The van der Waals surface area contributed by atoms with Gasteiger partial charge in [-0.3, -0.25) is 0 Å². The third-order valence-electron chi connectivity index (χ3n) is 3.49. The van der Waals surface area contributed by atoms with E-state index in [0.29, 0.717) is 6.04 Å². The van der Waals surface area contributed by atoms with Crippen LogP contribution in [0.4, 0.5) is 0 Å². The van der Waals surface area contributed by atoms with Crippen LogP contribution in [0, 0.1) is 20.8 Å². The highest BCUT2D eigenvalue weighted by Gasteiger charge is 2.05. The number of hydrogen-bond acceptors (Lipinski definition) is 2. The van der Waals surface area contributed by atoms with E-state index in [1.54, 1.807) is 0 Å². The van der Waals surface area contributed by atoms with Crippen molar-refractivity contribution in [2.45, 2.75) is 53.6 Å². The van der Waals surface area contributed by atoms with Crippen molar-refractivity contribution in [3.8, 4) is 0 Å². The summed E-state index contributed by atoms with van der Waals surface area (Å²) in [5.74, 6) is 2.49. The molecule has 0 aliphatic heterocycles. The number of rotatable bonds is 7. The first-order valence-electron chi connectivity index (χ1n) is 6.92. The summed E-state index contributed by atoms with van der Waals surface area (Å²) in [6.45, 7) is 12.1. The van der Waals surface area contributed by atoms with E-state index in [2.05, 4.69) is 52.1 Å². The summed E-state index contributed by atoms with van der Waals surface area (Å²) < 4.78 is 0. The van der Waals surface area contributed by atoms with Crippen molar-refractivity contribution < 1.29 is 0 Å². The van der Waals surface area contributed by atoms with Gasteiger partial charge < -0.3 is 5.32 Å². The Kier molecular flexibility index (Phi) is 6.80. The summed E-state index contributed by atoms with van der Waals surface area (Å²) in [6.07, 6.45) is 1.25. The van der Waals surface area contributed by atoms with Crippen LogP contribution in [0.2, 0.25) is 0 Å². The lowest BCUT2D eigenvalue weighted by atomic mass is 10.0. The Balaban J connectivity index is 2.45. The van der Waals surface area contributed by atoms with Crippen LogP contribution in [0.25, 0.3) is 0 Å². The summed E-state index contributed by atoms with van der Waals surface area (Å²) in [5, 5.41) is 3.63. The van der Waals surface area contributed by atoms with Crippen molar-refractivity contribution in [2.75, 3.05) is 11.5 Å². The molecule has 18 heavy (non-hydrogen) atoms. The normalized spacial score (nSPS) is 12.7. The van der Waals surface area contributed by atoms with E-state index < -0.39 is 0 Å². The average molecular weight is 265 g/mol. The van der Waals surface area contributed by atoms with Crippen LogP contribution in [0.1, 0.15) is 42.5 Å². The van der Waals surface area contributed by atoms with Crippen LogP contribution in [-0.4, -0.2) is 17.5 Å². The summed E-state index contributed by atoms with van der Waals surface area (Å²) in [5.41, 5.74) is 5.63. The Morgan fingerprint density at radius 2 is 1.78 bits per heavy atom. The summed E-state index contributed by atoms with van der Waals surface area (Å²) in [6, 6.07) is 5.22. The minimum absolute atomic E-state index is 0.602. The van der Waals surface area contributed by atoms with E-state index in [0.717, 1.165) is 6.54 Å². The van der Waals surface area contributed by atoms with Gasteiger partial charge in [-0.1, -0.05) is 19.1 Å². The topological polar surface area (TPSA) is 12.0 Å². The fraction of sp³-hybridized carbons (Fsp3) is 0.625. The van der Waals surface area contributed by atoms with Crippen LogP contribution in [0.5, 0.6) is 0 Å². The van der Waals surface area contributed by atoms with E-state index >= 15 is 0 Å². The Labute approximate surface area is 117 Å². The van der Waals surface area contributed by atoms with Crippen LogP contribution >= 0.6 is 11.8 Å². The molecule has 1 aromatic rings. The molecule has 0 amide bonds. The highest BCUT2D eigenvalue weighted by atomic mass is 32.2. The van der Waals surface area contributed by atoms with Gasteiger partial charge in [0.25, 0.3) is 0 Å². The molecule has 1 N–H and O–H groups in total. The second-order valence-corrected chi connectivity index (χ2v) is 6.52. The maximum absolute atomic E-state index is 3.63. The third-order valence-corrected chi connectivity index (χ3v) is 4.43. The van der Waals surface area contributed by atoms with Crippen molar-refractivity contribution >= 4 is 11.8 Å². The molecule has 1 aromatic carbocycles. The van der Waals surface area contributed by atoms with Crippen LogP contribution in [0.3, 0.4) is 0 Å². The van der Waals surface area contributed by atoms with Gasteiger partial charge in [0, 0.05) is 12.6 Å². The standard InChI is InChI=1S/C16H27NS/c1-6-18-8-7-15(5)17-11-16-10-13(3)12(2)9-14(16)4/h9-10,15,17H,6-8,11H2,1-5H3. The molecule has 2 heteroatoms. The third kappa shape index (κ3) is 5.03. The molecular weight excluding hydrogens is 238 g/mol. The van der Waals surface area contributed by atoms with Gasteiger partial charge in [0.1, 0.15) is 0 Å². The molecule has 0 spiro atoms. The largest absolute Gasteiger partial charge is 0.310 e. The van der Waals surface area contributed by atoms with Gasteiger partial charge in [-0.2, -0.15) is 11.8 Å². The first-order chi connectivity index (χ1) is 8.54. The molecule has 1 atom stereocenters. The first-order valence-corrected chi connectivity index (χ1v) is 8.08. The Hall–Kier alpha value is -0.470. The summed E-state index contributed by atoms with van der Waals surface area (Å²) >= 11 is 2.03. The van der Waals surface area contributed by atoms with Crippen LogP contribution in [0.15, 0.2) is 12.1 Å². The monoisotopic (exact) mass is 265 g/mol. The zero-order chi connectivity index (χ0) is 13.5. The lowest BCUT2D eigenvalue weighted by Gasteiger charge is -2.16. The van der Waals surface area contributed by atoms with E-state index in [1.165, 1.54) is 40.2 Å². The molecule has 0 heterocycles. The molecule has 0 aliphatic rings. The molecule has 102 valence electrons. The Morgan fingerprint density at radius 3 is 2.44 bits per heavy atom. The Bertz CT molecular complexity index is 374. The number of thioether (sulfide) groups is 1. The Morgan fingerprint density at radius 1 is 1.11 bits per heavy atom. The fourth-order valence-electron chi connectivity index (χ4n) is 2.00. The number of nitrogens with one attached hydrogen (secondary N) is 1. The molecule has 0 bridgehead atoms. The molecule has 0 aromatic heterocycles. The molecule has 0 radical (unpaired) electrons. The lowest BCUT2D eigenvalue weighted by molar-refractivity contribution is 0.536. The molecular formula is C16H27NS. The molecule has 1 rings (SSSR count). The van der Waals surface area contributed by atoms with E-state index in [1.807, 2.05) is 11.8 Å². The van der Waals surface area contributed by atoms with Gasteiger partial charge in [0.15, 0.2) is 0 Å². The predicted molar refractivity (Wildman–Crippen MR) is 84.6 cm³/mol. The van der Waals surface area contributed by atoms with Gasteiger partial charge in [-0.05, 0) is 67.9 Å². The molecule has 0 aliphatic carbocycles. The van der Waals surface area contributed by atoms with E-state index in [9.17, 15) is 0 Å². The first kappa shape index (κ1) is 15.6. The van der Waals surface area contributed by atoms with Gasteiger partial charge >= 0.3 is 0 Å². The van der Waals surface area contributed by atoms with Gasteiger partial charge in [0.2, 0.25) is 0 Å². The predicted octanol–water partition coefficient (Wildman–Crippen LogP) is 4.23. The minimum atomic E-state index is 0.602. The van der Waals surface area contributed by atoms with Crippen molar-refractivity contribution in [1.82, 2.24) is 5.32 Å². The van der Waals surface area contributed by atoms with Gasteiger partial charge in [0.05, 0.1) is 0 Å². The van der Waals surface area contributed by atoms with Crippen molar-refractivity contribution in [2.24, 2.45) is 0 Å². The molecule has 1 unspecified atom stereocenters. The number of benzene rings is 1. The smallest absolute Gasteiger partial charge is 0.0210 e. The fourth-order valence-corrected chi connectivity index (χ4v) is 2.81. The lowest BCUT2D eigenvalue weighted by Crippen LogP contribution is -2.26. The quantitative estimate of drug-likeness (QED) is 0.740. The second-order valence-electron chi connectivity index (χ2n) is 5.13. The maximum atomic E-state index is 3.63. The molecule has 1 nitrogen and oxygen atoms in total. The zero-order valence-corrected chi connectivity index (χ0v) is 13.3. The highest BCUT2D eigenvalue weighted by Crippen LogP contribution is 2.15. The highest BCUT2D eigenvalue weighted by molar-refractivity contribution is 7.99. The average Bonchev–Trinajstić information content (AvgIpc) is 2.32. The molecule has 0 saturated heterocycles. The zero-order valence-electron chi connectivity index (χ0n) is 12.5. The van der Waals surface area contributed by atoms with Crippen molar-refractivity contribution in [3.63, 3.8) is 0 Å². The van der Waals surface area contributed by atoms with Crippen molar-refractivity contribution in [1.29, 1.82) is 0 Å². The minimum Gasteiger partial charge on any atom is -0.310 e. The second kappa shape index (κ2) is 7.85. The van der Waals surface area contributed by atoms with Crippen LogP contribution in [-0.2, 0) is 6.54 Å². The molecule has 0 saturated carbocycles. The molecule has 0 fully saturated rings. The van der Waals surface area contributed by atoms with Gasteiger partial charge in [-0.15, -0.1) is 0 Å². The van der Waals surface area contributed by atoms with Crippen LogP contribution < -0.4 is 5.32 Å². The number of hydrogen-bond donors (Lipinski definition) is 1. The number of aryl methyl sites for hydroxylation is 3.